The van der Waals surface area contributed by atoms with Crippen LogP contribution in [0.3, 0.4) is 0 Å². The van der Waals surface area contributed by atoms with Gasteiger partial charge in [-0.2, -0.15) is 0 Å². The van der Waals surface area contributed by atoms with Crippen LogP contribution < -0.4 is 5.32 Å². The SMILES string of the molecule is C=CC(=O)Nc1cnc2c(c1)c(C=C1CCCCC1)cn2C. The molecule has 3 rings (SSSR count). The molecule has 4 nitrogen and oxygen atoms in total. The van der Waals surface area contributed by atoms with Crippen molar-refractivity contribution in [3.8, 4) is 0 Å². The second-order valence-electron chi connectivity index (χ2n) is 5.85. The summed E-state index contributed by atoms with van der Waals surface area (Å²) in [7, 11) is 2.00. The van der Waals surface area contributed by atoms with E-state index in [0.717, 1.165) is 11.0 Å². The second-order valence-corrected chi connectivity index (χ2v) is 5.85. The summed E-state index contributed by atoms with van der Waals surface area (Å²) in [5, 5.41) is 3.85. The van der Waals surface area contributed by atoms with E-state index in [0.29, 0.717) is 5.69 Å². The lowest BCUT2D eigenvalue weighted by molar-refractivity contribution is -0.111. The van der Waals surface area contributed by atoms with E-state index in [4.69, 9.17) is 0 Å². The van der Waals surface area contributed by atoms with Crippen molar-refractivity contribution in [2.45, 2.75) is 32.1 Å². The third-order valence-electron chi connectivity index (χ3n) is 4.15. The molecule has 1 N–H and O–H groups in total. The zero-order chi connectivity index (χ0) is 15.5. The summed E-state index contributed by atoms with van der Waals surface area (Å²) < 4.78 is 2.03. The molecule has 0 saturated heterocycles. The summed E-state index contributed by atoms with van der Waals surface area (Å²) in [5.41, 5.74) is 4.32. The van der Waals surface area contributed by atoms with Crippen molar-refractivity contribution in [1.29, 1.82) is 0 Å². The van der Waals surface area contributed by atoms with Crippen LogP contribution in [-0.4, -0.2) is 15.5 Å². The Morgan fingerprint density at radius 2 is 2.14 bits per heavy atom. The highest BCUT2D eigenvalue weighted by molar-refractivity contribution is 6.00. The van der Waals surface area contributed by atoms with E-state index in [1.165, 1.54) is 49.3 Å². The maximum Gasteiger partial charge on any atom is 0.247 e. The van der Waals surface area contributed by atoms with Gasteiger partial charge >= 0.3 is 0 Å². The summed E-state index contributed by atoms with van der Waals surface area (Å²) in [6.07, 6.45) is 13.6. The zero-order valence-electron chi connectivity index (χ0n) is 12.9. The van der Waals surface area contributed by atoms with Gasteiger partial charge in [0.15, 0.2) is 0 Å². The van der Waals surface area contributed by atoms with Crippen molar-refractivity contribution in [1.82, 2.24) is 9.55 Å². The number of anilines is 1. The fourth-order valence-corrected chi connectivity index (χ4v) is 3.04. The molecule has 0 atom stereocenters. The maximum atomic E-state index is 11.5. The van der Waals surface area contributed by atoms with Gasteiger partial charge in [0.1, 0.15) is 5.65 Å². The topological polar surface area (TPSA) is 46.9 Å². The highest BCUT2D eigenvalue weighted by atomic mass is 16.1. The minimum atomic E-state index is -0.218. The second kappa shape index (κ2) is 6.18. The van der Waals surface area contributed by atoms with Crippen LogP contribution in [0, 0.1) is 0 Å². The zero-order valence-corrected chi connectivity index (χ0v) is 12.9. The van der Waals surface area contributed by atoms with E-state index in [-0.39, 0.29) is 5.91 Å². The van der Waals surface area contributed by atoms with Crippen molar-refractivity contribution in [2.75, 3.05) is 5.32 Å². The minimum Gasteiger partial charge on any atom is -0.335 e. The number of rotatable bonds is 3. The number of carbonyl (C=O) groups is 1. The van der Waals surface area contributed by atoms with Crippen LogP contribution in [0.15, 0.2) is 36.7 Å². The Kier molecular flexibility index (Phi) is 4.09. The van der Waals surface area contributed by atoms with E-state index in [9.17, 15) is 4.79 Å². The van der Waals surface area contributed by atoms with E-state index in [1.54, 1.807) is 6.20 Å². The van der Waals surface area contributed by atoms with Gasteiger partial charge < -0.3 is 9.88 Å². The van der Waals surface area contributed by atoms with Gasteiger partial charge in [-0.05, 0) is 37.8 Å². The van der Waals surface area contributed by atoms with Gasteiger partial charge in [-0.15, -0.1) is 0 Å². The number of aromatic nitrogens is 2. The van der Waals surface area contributed by atoms with E-state index in [1.807, 2.05) is 17.7 Å². The van der Waals surface area contributed by atoms with Crippen LogP contribution in [0.25, 0.3) is 17.1 Å². The quantitative estimate of drug-likeness (QED) is 0.868. The van der Waals surface area contributed by atoms with Crippen LogP contribution >= 0.6 is 0 Å². The lowest BCUT2D eigenvalue weighted by atomic mass is 9.93. The first kappa shape index (κ1) is 14.6. The van der Waals surface area contributed by atoms with Gasteiger partial charge in [0.2, 0.25) is 5.91 Å². The molecule has 1 aliphatic rings. The van der Waals surface area contributed by atoms with E-state index >= 15 is 0 Å². The summed E-state index contributed by atoms with van der Waals surface area (Å²) in [5.74, 6) is -0.218. The first-order chi connectivity index (χ1) is 10.7. The Bertz CT molecular complexity index is 747. The van der Waals surface area contributed by atoms with Crippen molar-refractivity contribution in [3.05, 3.63) is 42.3 Å². The number of pyridine rings is 1. The molecular weight excluding hydrogens is 274 g/mol. The molecule has 0 bridgehead atoms. The minimum absolute atomic E-state index is 0.218. The Labute approximate surface area is 130 Å². The van der Waals surface area contributed by atoms with Gasteiger partial charge in [0.25, 0.3) is 0 Å². The molecule has 0 spiro atoms. The normalized spacial score (nSPS) is 14.9. The molecule has 0 aliphatic heterocycles. The fourth-order valence-electron chi connectivity index (χ4n) is 3.04. The molecule has 114 valence electrons. The van der Waals surface area contributed by atoms with Gasteiger partial charge in [-0.3, -0.25) is 4.79 Å². The number of allylic oxidation sites excluding steroid dienone is 1. The number of carbonyl (C=O) groups excluding carboxylic acids is 1. The molecule has 1 saturated carbocycles. The molecule has 0 unspecified atom stereocenters. The Balaban J connectivity index is 2.00. The number of hydrogen-bond acceptors (Lipinski definition) is 2. The average Bonchev–Trinajstić information content (AvgIpc) is 2.84. The predicted octanol–water partition coefficient (Wildman–Crippen LogP) is 4.05. The molecule has 1 amide bonds. The van der Waals surface area contributed by atoms with Crippen LogP contribution in [0.5, 0.6) is 0 Å². The molecule has 4 heteroatoms. The largest absolute Gasteiger partial charge is 0.335 e. The molecular formula is C18H21N3O. The number of nitrogens with zero attached hydrogens (tertiary/aromatic N) is 2. The number of nitrogens with one attached hydrogen (secondary N) is 1. The summed E-state index contributed by atoms with van der Waals surface area (Å²) in [6, 6.07) is 1.99. The van der Waals surface area contributed by atoms with Crippen molar-refractivity contribution >= 4 is 28.7 Å². The van der Waals surface area contributed by atoms with Gasteiger partial charge in [-0.25, -0.2) is 4.98 Å². The number of amides is 1. The number of aryl methyl sites for hydroxylation is 1. The van der Waals surface area contributed by atoms with Crippen molar-refractivity contribution in [2.24, 2.45) is 7.05 Å². The first-order valence-electron chi connectivity index (χ1n) is 7.75. The smallest absolute Gasteiger partial charge is 0.247 e. The lowest BCUT2D eigenvalue weighted by Crippen LogP contribution is -2.07. The summed E-state index contributed by atoms with van der Waals surface area (Å²) in [4.78, 5) is 15.9. The molecule has 2 aromatic heterocycles. The fraction of sp³-hybridized carbons (Fsp3) is 0.333. The number of hydrogen-bond donors (Lipinski definition) is 1. The van der Waals surface area contributed by atoms with E-state index < -0.39 is 0 Å². The third kappa shape index (κ3) is 2.96. The monoisotopic (exact) mass is 295 g/mol. The van der Waals surface area contributed by atoms with Crippen molar-refractivity contribution < 1.29 is 4.79 Å². The van der Waals surface area contributed by atoms with Crippen molar-refractivity contribution in [3.63, 3.8) is 0 Å². The Morgan fingerprint density at radius 1 is 1.36 bits per heavy atom. The third-order valence-corrected chi connectivity index (χ3v) is 4.15. The first-order valence-corrected chi connectivity index (χ1v) is 7.75. The molecule has 22 heavy (non-hydrogen) atoms. The van der Waals surface area contributed by atoms with Gasteiger partial charge in [-0.1, -0.05) is 24.6 Å². The average molecular weight is 295 g/mol. The lowest BCUT2D eigenvalue weighted by Gasteiger charge is -2.13. The Hall–Kier alpha value is -2.36. The van der Waals surface area contributed by atoms with Crippen LogP contribution in [-0.2, 0) is 11.8 Å². The molecule has 0 radical (unpaired) electrons. The molecule has 2 aromatic rings. The maximum absolute atomic E-state index is 11.5. The molecule has 1 aliphatic carbocycles. The standard InChI is InChI=1S/C18H21N3O/c1-3-17(22)20-15-10-16-14(9-13-7-5-4-6-8-13)12-21(2)18(16)19-11-15/h3,9-12H,1,4-8H2,2H3,(H,20,22). The van der Waals surface area contributed by atoms with E-state index in [2.05, 4.69) is 29.2 Å². The molecule has 0 aromatic carbocycles. The number of fused-ring (bicyclic) bond motifs is 1. The summed E-state index contributed by atoms with van der Waals surface area (Å²) in [6.45, 7) is 3.47. The predicted molar refractivity (Wildman–Crippen MR) is 90.6 cm³/mol. The van der Waals surface area contributed by atoms with Crippen LogP contribution in [0.4, 0.5) is 5.69 Å². The summed E-state index contributed by atoms with van der Waals surface area (Å²) >= 11 is 0. The Morgan fingerprint density at radius 3 is 2.86 bits per heavy atom. The van der Waals surface area contributed by atoms with Crippen LogP contribution in [0.1, 0.15) is 37.7 Å². The molecule has 2 heterocycles. The highest BCUT2D eigenvalue weighted by Crippen LogP contribution is 2.29. The van der Waals surface area contributed by atoms with Gasteiger partial charge in [0, 0.05) is 24.2 Å². The highest BCUT2D eigenvalue weighted by Gasteiger charge is 2.11. The van der Waals surface area contributed by atoms with Crippen LogP contribution in [0.2, 0.25) is 0 Å². The van der Waals surface area contributed by atoms with Gasteiger partial charge in [0.05, 0.1) is 11.9 Å². The molecule has 1 fully saturated rings.